The highest BCUT2D eigenvalue weighted by molar-refractivity contribution is 7.98. The molecule has 1 saturated carbocycles. The molecule has 0 radical (unpaired) electrons. The van der Waals surface area contributed by atoms with Crippen LogP contribution >= 0.6 is 23.1 Å². The lowest BCUT2D eigenvalue weighted by molar-refractivity contribution is 0.311. The molecule has 2 aromatic heterocycles. The predicted octanol–water partition coefficient (Wildman–Crippen LogP) is 5.56. The van der Waals surface area contributed by atoms with E-state index < -0.39 is 0 Å². The molecule has 1 fully saturated rings. The molecule has 0 spiro atoms. The molecule has 0 amide bonds. The summed E-state index contributed by atoms with van der Waals surface area (Å²) in [5.41, 5.74) is 2.09. The fraction of sp³-hybridized carbons (Fsp3) is 0.476. The minimum absolute atomic E-state index is 0.387. The summed E-state index contributed by atoms with van der Waals surface area (Å²) in [6.07, 6.45) is 2.46. The number of aromatic nitrogens is 4. The van der Waals surface area contributed by atoms with Gasteiger partial charge in [0.15, 0.2) is 16.7 Å². The molecule has 1 aromatic carbocycles. The summed E-state index contributed by atoms with van der Waals surface area (Å²) in [5, 5.41) is 13.0. The zero-order valence-electron chi connectivity index (χ0n) is 17.2. The molecule has 0 saturated heterocycles. The number of benzene rings is 1. The topological polar surface area (TPSA) is 62.1 Å². The highest BCUT2D eigenvalue weighted by atomic mass is 32.2. The second-order valence-corrected chi connectivity index (χ2v) is 9.13. The first kappa shape index (κ1) is 20.2. The molecule has 2 heterocycles. The summed E-state index contributed by atoms with van der Waals surface area (Å²) in [6, 6.07) is 6.53. The predicted molar refractivity (Wildman–Crippen MR) is 117 cm³/mol. The van der Waals surface area contributed by atoms with E-state index in [1.807, 2.05) is 25.1 Å². The van der Waals surface area contributed by atoms with Crippen molar-refractivity contribution >= 4 is 23.1 Å². The van der Waals surface area contributed by atoms with Crippen molar-refractivity contribution in [1.29, 1.82) is 0 Å². The molecular weight excluding hydrogens is 404 g/mol. The van der Waals surface area contributed by atoms with E-state index in [1.54, 1.807) is 30.2 Å². The second kappa shape index (κ2) is 8.75. The zero-order chi connectivity index (χ0) is 20.4. The Bertz CT molecular complexity index is 979. The first-order chi connectivity index (χ1) is 14.1. The van der Waals surface area contributed by atoms with Crippen LogP contribution in [0.1, 0.15) is 57.1 Å². The molecule has 8 heteroatoms. The number of thioether (sulfide) groups is 1. The number of thiazole rings is 1. The Morgan fingerprint density at radius 1 is 1.24 bits per heavy atom. The summed E-state index contributed by atoms with van der Waals surface area (Å²) < 4.78 is 13.4. The first-order valence-corrected chi connectivity index (χ1v) is 11.8. The Hall–Kier alpha value is -2.06. The van der Waals surface area contributed by atoms with E-state index in [0.717, 1.165) is 44.5 Å². The van der Waals surface area contributed by atoms with Gasteiger partial charge >= 0.3 is 0 Å². The Balaban J connectivity index is 1.48. The molecular formula is C21H26N4O2S2. The van der Waals surface area contributed by atoms with E-state index in [2.05, 4.69) is 34.0 Å². The summed E-state index contributed by atoms with van der Waals surface area (Å²) >= 11 is 3.37. The van der Waals surface area contributed by atoms with Crippen molar-refractivity contribution in [3.63, 3.8) is 0 Å². The van der Waals surface area contributed by atoms with Crippen molar-refractivity contribution < 1.29 is 9.47 Å². The van der Waals surface area contributed by atoms with Crippen molar-refractivity contribution in [2.75, 3.05) is 13.7 Å². The lowest BCUT2D eigenvalue weighted by Crippen LogP contribution is -2.04. The third-order valence-electron chi connectivity index (χ3n) is 4.73. The fourth-order valence-corrected chi connectivity index (χ4v) is 5.00. The molecule has 1 aliphatic rings. The summed E-state index contributed by atoms with van der Waals surface area (Å²) in [4.78, 5) is 4.82. The lowest BCUT2D eigenvalue weighted by Gasteiger charge is -2.10. The van der Waals surface area contributed by atoms with Gasteiger partial charge < -0.3 is 14.0 Å². The van der Waals surface area contributed by atoms with Crippen LogP contribution < -0.4 is 9.47 Å². The summed E-state index contributed by atoms with van der Waals surface area (Å²) in [5.74, 6) is 3.75. The number of rotatable bonds is 9. The van der Waals surface area contributed by atoms with Gasteiger partial charge in [-0.25, -0.2) is 4.98 Å². The number of methoxy groups -OCH3 is 1. The minimum atomic E-state index is 0.387. The van der Waals surface area contributed by atoms with E-state index in [4.69, 9.17) is 14.5 Å². The van der Waals surface area contributed by atoms with Gasteiger partial charge in [0.25, 0.3) is 0 Å². The maximum atomic E-state index is 5.61. The molecule has 0 unspecified atom stereocenters. The highest BCUT2D eigenvalue weighted by Gasteiger charge is 2.30. The number of nitrogens with zero attached hydrogens (tertiary/aromatic N) is 4. The van der Waals surface area contributed by atoms with Gasteiger partial charge in [-0.2, -0.15) is 0 Å². The van der Waals surface area contributed by atoms with Gasteiger partial charge in [0.1, 0.15) is 10.8 Å². The van der Waals surface area contributed by atoms with Crippen LogP contribution in [0.5, 0.6) is 11.5 Å². The van der Waals surface area contributed by atoms with Crippen molar-refractivity contribution in [1.82, 2.24) is 19.7 Å². The number of ether oxygens (including phenoxy) is 2. The Labute approximate surface area is 179 Å². The monoisotopic (exact) mass is 430 g/mol. The fourth-order valence-electron chi connectivity index (χ4n) is 3.18. The van der Waals surface area contributed by atoms with E-state index in [0.29, 0.717) is 18.6 Å². The summed E-state index contributed by atoms with van der Waals surface area (Å²) in [6.45, 7) is 6.93. The average Bonchev–Trinajstić information content (AvgIpc) is 3.28. The van der Waals surface area contributed by atoms with E-state index in [9.17, 15) is 0 Å². The molecule has 4 rings (SSSR count). The van der Waals surface area contributed by atoms with Crippen LogP contribution in [-0.4, -0.2) is 33.5 Å². The van der Waals surface area contributed by atoms with E-state index in [-0.39, 0.29) is 0 Å². The largest absolute Gasteiger partial charge is 0.493 e. The number of hydrogen-bond acceptors (Lipinski definition) is 7. The smallest absolute Gasteiger partial charge is 0.191 e. The Morgan fingerprint density at radius 3 is 2.76 bits per heavy atom. The van der Waals surface area contributed by atoms with Gasteiger partial charge in [-0.05, 0) is 38.0 Å². The van der Waals surface area contributed by atoms with E-state index >= 15 is 0 Å². The molecule has 1 aliphatic carbocycles. The van der Waals surface area contributed by atoms with Crippen LogP contribution in [0.15, 0.2) is 28.7 Å². The van der Waals surface area contributed by atoms with Gasteiger partial charge in [0.05, 0.1) is 19.4 Å². The van der Waals surface area contributed by atoms with Gasteiger partial charge in [-0.15, -0.1) is 21.5 Å². The average molecular weight is 431 g/mol. The highest BCUT2D eigenvalue weighted by Crippen LogP contribution is 2.41. The quantitative estimate of drug-likeness (QED) is 0.414. The molecule has 29 heavy (non-hydrogen) atoms. The number of hydrogen-bond donors (Lipinski definition) is 0. The van der Waals surface area contributed by atoms with Crippen LogP contribution in [0.25, 0.3) is 10.6 Å². The molecule has 6 nitrogen and oxygen atoms in total. The lowest BCUT2D eigenvalue weighted by atomic mass is 10.2. The van der Waals surface area contributed by atoms with Crippen LogP contribution in [-0.2, 0) is 5.75 Å². The molecule has 0 aliphatic heterocycles. The van der Waals surface area contributed by atoms with Crippen molar-refractivity contribution in [3.8, 4) is 22.1 Å². The molecule has 154 valence electrons. The Morgan fingerprint density at radius 2 is 2.07 bits per heavy atom. The maximum absolute atomic E-state index is 5.61. The third-order valence-corrected chi connectivity index (χ3v) is 6.65. The molecule has 0 N–H and O–H groups in total. The SMILES string of the molecule is CCOc1ccc(-c2nc(CSc3nnc(C(C)C)n3C3CC3)cs2)cc1OC. The maximum Gasteiger partial charge on any atom is 0.191 e. The Kier molecular flexibility index (Phi) is 6.10. The zero-order valence-corrected chi connectivity index (χ0v) is 18.8. The van der Waals surface area contributed by atoms with Gasteiger partial charge in [0, 0.05) is 28.7 Å². The van der Waals surface area contributed by atoms with Gasteiger partial charge in [-0.1, -0.05) is 25.6 Å². The van der Waals surface area contributed by atoms with Crippen molar-refractivity contribution in [2.24, 2.45) is 0 Å². The molecule has 3 aromatic rings. The summed E-state index contributed by atoms with van der Waals surface area (Å²) in [7, 11) is 1.66. The van der Waals surface area contributed by atoms with Crippen molar-refractivity contribution in [2.45, 2.75) is 56.5 Å². The van der Waals surface area contributed by atoms with Crippen LogP contribution in [0, 0.1) is 0 Å². The van der Waals surface area contributed by atoms with Crippen LogP contribution in [0.3, 0.4) is 0 Å². The minimum Gasteiger partial charge on any atom is -0.493 e. The normalized spacial score (nSPS) is 13.8. The standard InChI is InChI=1S/C21H26N4O2S2/c1-5-27-17-9-6-14(10-18(17)26-4)20-22-15(11-28-20)12-29-21-24-23-19(13(2)3)25(21)16-7-8-16/h6,9-11,13,16H,5,7-8,12H2,1-4H3. The van der Waals surface area contributed by atoms with Gasteiger partial charge in [-0.3, -0.25) is 0 Å². The second-order valence-electron chi connectivity index (χ2n) is 7.33. The van der Waals surface area contributed by atoms with Crippen molar-refractivity contribution in [3.05, 3.63) is 35.1 Å². The van der Waals surface area contributed by atoms with E-state index in [1.165, 1.54) is 12.8 Å². The molecule has 0 atom stereocenters. The first-order valence-electron chi connectivity index (χ1n) is 9.93. The van der Waals surface area contributed by atoms with Crippen LogP contribution in [0.4, 0.5) is 0 Å². The van der Waals surface area contributed by atoms with Crippen LogP contribution in [0.2, 0.25) is 0 Å². The third kappa shape index (κ3) is 4.43. The molecule has 0 bridgehead atoms. The van der Waals surface area contributed by atoms with Gasteiger partial charge in [0.2, 0.25) is 0 Å².